The third-order valence-corrected chi connectivity index (χ3v) is 5.06. The monoisotopic (exact) mass is 396 g/mol. The Kier molecular flexibility index (Phi) is 4.66. The first-order valence-electron chi connectivity index (χ1n) is 8.41. The minimum absolute atomic E-state index is 0.194. The average molecular weight is 396 g/mol. The van der Waals surface area contributed by atoms with Gasteiger partial charge in [-0.15, -0.1) is 11.3 Å². The zero-order chi connectivity index (χ0) is 19.7. The molecule has 0 aliphatic carbocycles. The van der Waals surface area contributed by atoms with Crippen LogP contribution in [0.1, 0.15) is 5.01 Å². The molecule has 0 unspecified atom stereocenters. The zero-order valence-corrected chi connectivity index (χ0v) is 15.9. The number of amides is 1. The van der Waals surface area contributed by atoms with Gasteiger partial charge in [0.2, 0.25) is 5.91 Å². The summed E-state index contributed by atoms with van der Waals surface area (Å²) >= 11 is 1.33. The van der Waals surface area contributed by atoms with Gasteiger partial charge in [0.25, 0.3) is 0 Å². The second-order valence-corrected chi connectivity index (χ2v) is 7.12. The Hall–Kier alpha value is -3.46. The van der Waals surface area contributed by atoms with Gasteiger partial charge >= 0.3 is 5.69 Å². The average Bonchev–Trinajstić information content (AvgIpc) is 3.34. The van der Waals surface area contributed by atoms with E-state index in [2.05, 4.69) is 15.3 Å². The molecule has 3 aromatic heterocycles. The summed E-state index contributed by atoms with van der Waals surface area (Å²) in [7, 11) is 1.52. The van der Waals surface area contributed by atoms with Gasteiger partial charge in [0.1, 0.15) is 28.3 Å². The highest BCUT2D eigenvalue weighted by Crippen LogP contribution is 2.29. The van der Waals surface area contributed by atoms with Crippen molar-refractivity contribution in [2.24, 2.45) is 0 Å². The highest BCUT2D eigenvalue weighted by Gasteiger charge is 2.19. The molecule has 0 aliphatic rings. The summed E-state index contributed by atoms with van der Waals surface area (Å²) in [5.74, 6) is 0.623. The van der Waals surface area contributed by atoms with Gasteiger partial charge in [-0.2, -0.15) is 4.98 Å². The van der Waals surface area contributed by atoms with Crippen molar-refractivity contribution in [2.45, 2.75) is 13.5 Å². The third-order valence-electron chi connectivity index (χ3n) is 4.06. The van der Waals surface area contributed by atoms with Crippen molar-refractivity contribution >= 4 is 33.3 Å². The largest absolute Gasteiger partial charge is 0.495 e. The summed E-state index contributed by atoms with van der Waals surface area (Å²) < 4.78 is 11.9. The van der Waals surface area contributed by atoms with Crippen LogP contribution in [0.25, 0.3) is 21.8 Å². The number of furan rings is 1. The second-order valence-electron chi connectivity index (χ2n) is 5.94. The zero-order valence-electron chi connectivity index (χ0n) is 15.1. The maximum absolute atomic E-state index is 12.7. The van der Waals surface area contributed by atoms with Gasteiger partial charge in [-0.25, -0.2) is 9.78 Å². The number of hydrogen-bond donors (Lipinski definition) is 1. The highest BCUT2D eigenvalue weighted by atomic mass is 32.1. The number of nitrogens with zero attached hydrogens (tertiary/aromatic N) is 3. The molecule has 1 aromatic carbocycles. The van der Waals surface area contributed by atoms with Crippen LogP contribution in [0.4, 0.5) is 5.69 Å². The lowest BCUT2D eigenvalue weighted by atomic mass is 10.3. The summed E-state index contributed by atoms with van der Waals surface area (Å²) in [6.45, 7) is 1.64. The lowest BCUT2D eigenvalue weighted by molar-refractivity contribution is -0.116. The topological polar surface area (TPSA) is 99.2 Å². The molecular formula is C19H16N4O4S. The fourth-order valence-electron chi connectivity index (χ4n) is 2.86. The van der Waals surface area contributed by atoms with E-state index in [1.165, 1.54) is 29.3 Å². The number of aryl methyl sites for hydroxylation is 1. The molecule has 0 saturated heterocycles. The minimum Gasteiger partial charge on any atom is -0.495 e. The van der Waals surface area contributed by atoms with Crippen molar-refractivity contribution in [1.82, 2.24) is 14.5 Å². The van der Waals surface area contributed by atoms with Crippen LogP contribution < -0.4 is 15.7 Å². The number of carbonyl (C=O) groups excluding carboxylic acids is 1. The molecule has 28 heavy (non-hydrogen) atoms. The summed E-state index contributed by atoms with van der Waals surface area (Å²) in [5.41, 5.74) is 0.885. The van der Waals surface area contributed by atoms with E-state index in [9.17, 15) is 9.59 Å². The maximum atomic E-state index is 12.7. The number of carbonyl (C=O) groups is 1. The van der Waals surface area contributed by atoms with Crippen LogP contribution in [0.5, 0.6) is 5.75 Å². The maximum Gasteiger partial charge on any atom is 0.349 e. The van der Waals surface area contributed by atoms with Crippen LogP contribution in [0.3, 0.4) is 0 Å². The molecule has 9 heteroatoms. The quantitative estimate of drug-likeness (QED) is 0.557. The number of rotatable bonds is 5. The fourth-order valence-corrected chi connectivity index (χ4v) is 3.76. The van der Waals surface area contributed by atoms with Crippen molar-refractivity contribution in [3.63, 3.8) is 0 Å². The first-order chi connectivity index (χ1) is 13.6. The van der Waals surface area contributed by atoms with Crippen molar-refractivity contribution in [3.8, 4) is 17.2 Å². The van der Waals surface area contributed by atoms with Gasteiger partial charge in [0.05, 0.1) is 24.1 Å². The fraction of sp³-hybridized carbons (Fsp3) is 0.158. The van der Waals surface area contributed by atoms with E-state index in [0.29, 0.717) is 33.2 Å². The lowest BCUT2D eigenvalue weighted by Crippen LogP contribution is -2.29. The molecule has 8 nitrogen and oxygen atoms in total. The third kappa shape index (κ3) is 3.27. The van der Waals surface area contributed by atoms with Crippen molar-refractivity contribution in [3.05, 3.63) is 58.2 Å². The standard InChI is InChI=1S/C19H16N4O4S/c1-11-20-17-16(14-8-5-9-27-14)22-19(25)23(18(17)28-11)10-15(24)21-12-6-3-4-7-13(12)26-2/h3-9H,10H2,1-2H3,(H,21,24). The number of ether oxygens (including phenoxy) is 1. The molecule has 0 spiro atoms. The van der Waals surface area contributed by atoms with Gasteiger partial charge in [-0.3, -0.25) is 9.36 Å². The number of thiazole rings is 1. The molecule has 0 fully saturated rings. The number of anilines is 1. The summed E-state index contributed by atoms with van der Waals surface area (Å²) in [5, 5.41) is 3.52. The molecule has 4 rings (SSSR count). The first kappa shape index (κ1) is 17.9. The Morgan fingerprint density at radius 3 is 2.82 bits per heavy atom. The van der Waals surface area contributed by atoms with Crippen molar-refractivity contribution in [2.75, 3.05) is 12.4 Å². The Bertz CT molecular complexity index is 1210. The van der Waals surface area contributed by atoms with Gasteiger partial charge < -0.3 is 14.5 Å². The Morgan fingerprint density at radius 1 is 1.25 bits per heavy atom. The molecule has 0 radical (unpaired) electrons. The molecule has 0 atom stereocenters. The van der Waals surface area contributed by atoms with Gasteiger partial charge in [-0.1, -0.05) is 12.1 Å². The lowest BCUT2D eigenvalue weighted by Gasteiger charge is -2.11. The molecule has 1 amide bonds. The molecule has 0 bridgehead atoms. The van der Waals surface area contributed by atoms with E-state index in [4.69, 9.17) is 9.15 Å². The number of benzene rings is 1. The van der Waals surface area contributed by atoms with Crippen LogP contribution >= 0.6 is 11.3 Å². The normalized spacial score (nSPS) is 10.9. The summed E-state index contributed by atoms with van der Waals surface area (Å²) in [6, 6.07) is 10.5. The predicted octanol–water partition coefficient (Wildman–Crippen LogP) is 3.07. The number of nitrogens with one attached hydrogen (secondary N) is 1. The van der Waals surface area contributed by atoms with Crippen LogP contribution in [0.15, 0.2) is 51.9 Å². The molecular weight excluding hydrogens is 380 g/mol. The Labute approximate surface area is 163 Å². The predicted molar refractivity (Wildman–Crippen MR) is 106 cm³/mol. The molecule has 0 saturated carbocycles. The molecule has 0 aliphatic heterocycles. The minimum atomic E-state index is -0.544. The van der Waals surface area contributed by atoms with E-state index in [-0.39, 0.29) is 12.5 Å². The summed E-state index contributed by atoms with van der Waals surface area (Å²) in [4.78, 5) is 34.4. The molecule has 4 aromatic rings. The SMILES string of the molecule is COc1ccccc1NC(=O)Cn1c(=O)nc(-c2ccco2)c2nc(C)sc21. The molecule has 142 valence electrons. The smallest absolute Gasteiger partial charge is 0.349 e. The Balaban J connectivity index is 1.71. The van der Waals surface area contributed by atoms with E-state index in [1.807, 2.05) is 6.92 Å². The van der Waals surface area contributed by atoms with Gasteiger partial charge in [0.15, 0.2) is 5.76 Å². The van der Waals surface area contributed by atoms with Gasteiger partial charge in [-0.05, 0) is 31.2 Å². The second kappa shape index (κ2) is 7.28. The van der Waals surface area contributed by atoms with Crippen LogP contribution in [0, 0.1) is 6.92 Å². The van der Waals surface area contributed by atoms with Crippen LogP contribution in [0.2, 0.25) is 0 Å². The van der Waals surface area contributed by atoms with Crippen molar-refractivity contribution < 1.29 is 13.9 Å². The number of aromatic nitrogens is 3. The number of hydrogen-bond acceptors (Lipinski definition) is 7. The number of para-hydroxylation sites is 2. The van der Waals surface area contributed by atoms with E-state index < -0.39 is 5.69 Å². The molecule has 3 heterocycles. The van der Waals surface area contributed by atoms with Crippen LogP contribution in [-0.4, -0.2) is 27.6 Å². The Morgan fingerprint density at radius 2 is 2.07 bits per heavy atom. The van der Waals surface area contributed by atoms with E-state index in [1.54, 1.807) is 36.4 Å². The van der Waals surface area contributed by atoms with E-state index in [0.717, 1.165) is 5.01 Å². The van der Waals surface area contributed by atoms with Crippen molar-refractivity contribution in [1.29, 1.82) is 0 Å². The van der Waals surface area contributed by atoms with Gasteiger partial charge in [0, 0.05) is 0 Å². The first-order valence-corrected chi connectivity index (χ1v) is 9.23. The molecule has 1 N–H and O–H groups in total. The highest BCUT2D eigenvalue weighted by molar-refractivity contribution is 7.18. The number of fused-ring (bicyclic) bond motifs is 1. The number of methoxy groups -OCH3 is 1. The van der Waals surface area contributed by atoms with Crippen LogP contribution in [-0.2, 0) is 11.3 Å². The van der Waals surface area contributed by atoms with E-state index >= 15 is 0 Å². The summed E-state index contributed by atoms with van der Waals surface area (Å²) in [6.07, 6.45) is 1.51.